The molecule has 0 saturated carbocycles. The van der Waals surface area contributed by atoms with Crippen molar-refractivity contribution in [1.82, 2.24) is 19.2 Å². The van der Waals surface area contributed by atoms with E-state index in [1.165, 1.54) is 4.68 Å². The number of piperidine rings is 1. The van der Waals surface area contributed by atoms with E-state index >= 15 is 0 Å². The molecule has 1 aliphatic heterocycles. The maximum Gasteiger partial charge on any atom is 0.345 e. The van der Waals surface area contributed by atoms with Crippen molar-refractivity contribution in [2.24, 2.45) is 7.05 Å². The Morgan fingerprint density at radius 1 is 1.31 bits per heavy atom. The molecule has 3 rings (SSSR count). The number of carbonyl (C=O) groups excluding carboxylic acids is 1. The highest BCUT2D eigenvalue weighted by molar-refractivity contribution is 5.90. The van der Waals surface area contributed by atoms with E-state index in [1.807, 2.05) is 49.9 Å². The number of aromatic nitrogens is 3. The van der Waals surface area contributed by atoms with E-state index in [0.29, 0.717) is 13.1 Å². The van der Waals surface area contributed by atoms with Gasteiger partial charge in [0.15, 0.2) is 0 Å². The van der Waals surface area contributed by atoms with Crippen LogP contribution in [-0.4, -0.2) is 38.4 Å². The fourth-order valence-corrected chi connectivity index (χ4v) is 3.54. The van der Waals surface area contributed by atoms with Gasteiger partial charge in [-0.1, -0.05) is 18.2 Å². The average molecular weight is 357 g/mol. The molecule has 2 heterocycles. The predicted molar refractivity (Wildman–Crippen MR) is 102 cm³/mol. The fourth-order valence-electron chi connectivity index (χ4n) is 3.54. The molecule has 1 aromatic carbocycles. The standard InChI is InChI=1S/C19H27N5O2/c1-13(2)24-17(21-22(4)19(24)26)15-9-7-11-23(12-15)18(25)20-16-10-6-5-8-14(16)3/h5-6,8,10,13,15H,7,9,11-12H2,1-4H3,(H,20,25). The van der Waals surface area contributed by atoms with Crippen LogP contribution in [0.5, 0.6) is 0 Å². The number of hydrogen-bond acceptors (Lipinski definition) is 3. The molecule has 7 heteroatoms. The highest BCUT2D eigenvalue weighted by atomic mass is 16.2. The van der Waals surface area contributed by atoms with E-state index in [9.17, 15) is 9.59 Å². The number of rotatable bonds is 3. The third kappa shape index (κ3) is 3.52. The molecule has 0 radical (unpaired) electrons. The molecule has 26 heavy (non-hydrogen) atoms. The van der Waals surface area contributed by atoms with Gasteiger partial charge in [0, 0.05) is 37.8 Å². The summed E-state index contributed by atoms with van der Waals surface area (Å²) < 4.78 is 3.13. The van der Waals surface area contributed by atoms with Gasteiger partial charge in [-0.25, -0.2) is 14.3 Å². The summed E-state index contributed by atoms with van der Waals surface area (Å²) in [4.78, 5) is 26.9. The van der Waals surface area contributed by atoms with Gasteiger partial charge in [-0.05, 0) is 45.2 Å². The van der Waals surface area contributed by atoms with E-state index in [-0.39, 0.29) is 23.7 Å². The van der Waals surface area contributed by atoms with Gasteiger partial charge in [-0.2, -0.15) is 5.10 Å². The van der Waals surface area contributed by atoms with Gasteiger partial charge >= 0.3 is 11.7 Å². The van der Waals surface area contributed by atoms with Crippen molar-refractivity contribution in [3.63, 3.8) is 0 Å². The Bertz CT molecular complexity index is 852. The van der Waals surface area contributed by atoms with E-state index in [0.717, 1.165) is 29.9 Å². The Morgan fingerprint density at radius 3 is 2.73 bits per heavy atom. The van der Waals surface area contributed by atoms with Crippen LogP contribution in [0.1, 0.15) is 50.0 Å². The molecule has 1 saturated heterocycles. The quantitative estimate of drug-likeness (QED) is 0.918. The first-order chi connectivity index (χ1) is 12.4. The van der Waals surface area contributed by atoms with Crippen molar-refractivity contribution in [3.8, 4) is 0 Å². The molecule has 1 N–H and O–H groups in total. The van der Waals surface area contributed by atoms with Gasteiger partial charge in [0.1, 0.15) is 5.82 Å². The topological polar surface area (TPSA) is 72.2 Å². The lowest BCUT2D eigenvalue weighted by Gasteiger charge is -2.32. The molecular formula is C19H27N5O2. The Morgan fingerprint density at radius 2 is 2.04 bits per heavy atom. The predicted octanol–water partition coefficient (Wildman–Crippen LogP) is 2.88. The second-order valence-electron chi connectivity index (χ2n) is 7.26. The molecule has 1 aromatic heterocycles. The van der Waals surface area contributed by atoms with Gasteiger partial charge in [0.2, 0.25) is 0 Å². The highest BCUT2D eigenvalue weighted by Crippen LogP contribution is 2.27. The summed E-state index contributed by atoms with van der Waals surface area (Å²) in [5.74, 6) is 0.851. The van der Waals surface area contributed by atoms with Crippen LogP contribution in [0.4, 0.5) is 10.5 Å². The largest absolute Gasteiger partial charge is 0.345 e. The molecule has 7 nitrogen and oxygen atoms in total. The summed E-state index contributed by atoms with van der Waals surface area (Å²) in [6.07, 6.45) is 1.83. The summed E-state index contributed by atoms with van der Waals surface area (Å²) in [6.45, 7) is 7.23. The van der Waals surface area contributed by atoms with E-state index < -0.39 is 0 Å². The van der Waals surface area contributed by atoms with E-state index in [4.69, 9.17) is 0 Å². The number of aryl methyl sites for hydroxylation is 2. The maximum atomic E-state index is 12.7. The van der Waals surface area contributed by atoms with Crippen molar-refractivity contribution in [2.45, 2.75) is 45.6 Å². The molecule has 1 fully saturated rings. The number of amides is 2. The Kier molecular flexibility index (Phi) is 5.15. The number of para-hydroxylation sites is 1. The van der Waals surface area contributed by atoms with Crippen LogP contribution in [0.25, 0.3) is 0 Å². The zero-order valence-electron chi connectivity index (χ0n) is 15.9. The second kappa shape index (κ2) is 7.35. The van der Waals surface area contributed by atoms with Crippen molar-refractivity contribution >= 4 is 11.7 Å². The normalized spacial score (nSPS) is 17.6. The zero-order chi connectivity index (χ0) is 18.8. The minimum atomic E-state index is -0.100. The molecule has 2 aromatic rings. The number of likely N-dealkylation sites (tertiary alicyclic amines) is 1. The van der Waals surface area contributed by atoms with Crippen LogP contribution >= 0.6 is 0 Å². The summed E-state index contributed by atoms with van der Waals surface area (Å²) in [7, 11) is 1.68. The fraction of sp³-hybridized carbons (Fsp3) is 0.526. The summed E-state index contributed by atoms with van der Waals surface area (Å²) in [5, 5.41) is 7.45. The molecule has 1 atom stereocenters. The zero-order valence-corrected chi connectivity index (χ0v) is 15.9. The molecule has 0 bridgehead atoms. The molecule has 140 valence electrons. The summed E-state index contributed by atoms with van der Waals surface area (Å²) in [6, 6.07) is 7.69. The Labute approximate surface area is 153 Å². The third-order valence-corrected chi connectivity index (χ3v) is 4.96. The maximum absolute atomic E-state index is 12.7. The van der Waals surface area contributed by atoms with Gasteiger partial charge in [-0.15, -0.1) is 0 Å². The number of nitrogens with one attached hydrogen (secondary N) is 1. The molecule has 2 amide bonds. The SMILES string of the molecule is Cc1ccccc1NC(=O)N1CCCC(c2nn(C)c(=O)n2C(C)C)C1. The van der Waals surface area contributed by atoms with Gasteiger partial charge in [-0.3, -0.25) is 4.57 Å². The first-order valence-electron chi connectivity index (χ1n) is 9.15. The molecular weight excluding hydrogens is 330 g/mol. The Hall–Kier alpha value is -2.57. The van der Waals surface area contributed by atoms with Crippen LogP contribution in [-0.2, 0) is 7.05 Å². The average Bonchev–Trinajstić information content (AvgIpc) is 2.92. The molecule has 0 aliphatic carbocycles. The van der Waals surface area contributed by atoms with Gasteiger partial charge in [0.25, 0.3) is 0 Å². The molecule has 1 aliphatic rings. The lowest BCUT2D eigenvalue weighted by molar-refractivity contribution is 0.190. The lowest BCUT2D eigenvalue weighted by atomic mass is 9.97. The van der Waals surface area contributed by atoms with Gasteiger partial charge in [0.05, 0.1) is 0 Å². The number of carbonyl (C=O) groups is 1. The van der Waals surface area contributed by atoms with Gasteiger partial charge < -0.3 is 10.2 Å². The highest BCUT2D eigenvalue weighted by Gasteiger charge is 2.30. The van der Waals surface area contributed by atoms with Crippen molar-refractivity contribution in [2.75, 3.05) is 18.4 Å². The van der Waals surface area contributed by atoms with E-state index in [2.05, 4.69) is 10.4 Å². The van der Waals surface area contributed by atoms with Crippen molar-refractivity contribution in [3.05, 3.63) is 46.1 Å². The first-order valence-corrected chi connectivity index (χ1v) is 9.15. The van der Waals surface area contributed by atoms with Crippen molar-refractivity contribution in [1.29, 1.82) is 0 Å². The van der Waals surface area contributed by atoms with Crippen molar-refractivity contribution < 1.29 is 4.79 Å². The molecule has 1 unspecified atom stereocenters. The monoisotopic (exact) mass is 357 g/mol. The summed E-state index contributed by atoms with van der Waals surface area (Å²) in [5.41, 5.74) is 1.76. The number of anilines is 1. The smallest absolute Gasteiger partial charge is 0.324 e. The minimum Gasteiger partial charge on any atom is -0.324 e. The number of urea groups is 1. The minimum absolute atomic E-state index is 0.0439. The third-order valence-electron chi connectivity index (χ3n) is 4.96. The number of hydrogen-bond donors (Lipinski definition) is 1. The lowest BCUT2D eigenvalue weighted by Crippen LogP contribution is -2.42. The second-order valence-corrected chi connectivity index (χ2v) is 7.26. The Balaban J connectivity index is 1.78. The number of nitrogens with zero attached hydrogens (tertiary/aromatic N) is 4. The first kappa shape index (κ1) is 18.2. The summed E-state index contributed by atoms with van der Waals surface area (Å²) >= 11 is 0. The van der Waals surface area contributed by atoms with Crippen LogP contribution in [0.15, 0.2) is 29.1 Å². The molecule has 0 spiro atoms. The van der Waals surface area contributed by atoms with Crippen LogP contribution in [0.2, 0.25) is 0 Å². The van der Waals surface area contributed by atoms with Crippen LogP contribution < -0.4 is 11.0 Å². The van der Waals surface area contributed by atoms with E-state index in [1.54, 1.807) is 11.6 Å². The number of benzene rings is 1. The van der Waals surface area contributed by atoms with Crippen LogP contribution in [0.3, 0.4) is 0 Å². The van der Waals surface area contributed by atoms with Crippen LogP contribution in [0, 0.1) is 6.92 Å².